The van der Waals surface area contributed by atoms with Gasteiger partial charge in [-0.3, -0.25) is 28.8 Å². The van der Waals surface area contributed by atoms with Crippen LogP contribution in [-0.2, 0) is 28.7 Å². The van der Waals surface area contributed by atoms with E-state index in [0.717, 1.165) is 0 Å². The molecule has 0 heterocycles. The number of primary amides is 1. The number of ketones is 4. The van der Waals surface area contributed by atoms with Crippen LogP contribution in [0.4, 0.5) is 0 Å². The number of fused-ring (bicyclic) bond motifs is 3. The van der Waals surface area contributed by atoms with Gasteiger partial charge in [0.2, 0.25) is 5.91 Å². The Kier molecular flexibility index (Phi) is 4.67. The van der Waals surface area contributed by atoms with Gasteiger partial charge in [-0.15, -0.1) is 0 Å². The lowest BCUT2D eigenvalue weighted by molar-refractivity contribution is -0.194. The molecule has 34 heavy (non-hydrogen) atoms. The van der Waals surface area contributed by atoms with E-state index in [1.54, 1.807) is 0 Å². The first-order chi connectivity index (χ1) is 16.0. The Balaban J connectivity index is 1.70. The monoisotopic (exact) mass is 467 g/mol. The fourth-order valence-electron chi connectivity index (χ4n) is 5.61. The van der Waals surface area contributed by atoms with Crippen LogP contribution in [0.5, 0.6) is 5.75 Å². The number of benzene rings is 1. The van der Waals surface area contributed by atoms with Gasteiger partial charge < -0.3 is 20.7 Å². The summed E-state index contributed by atoms with van der Waals surface area (Å²) in [5, 5.41) is 21.8. The molecule has 4 N–H and O–H groups in total. The first kappa shape index (κ1) is 22.1. The molecule has 1 aromatic carbocycles. The molecule has 10 nitrogen and oxygen atoms in total. The van der Waals surface area contributed by atoms with Gasteiger partial charge in [-0.2, -0.15) is 0 Å². The fraction of sp³-hybridized carbons (Fsp3) is 0.417. The summed E-state index contributed by atoms with van der Waals surface area (Å²) >= 11 is 0. The van der Waals surface area contributed by atoms with Crippen LogP contribution >= 0.6 is 0 Å². The number of nitrogens with two attached hydrogens (primary N) is 1. The summed E-state index contributed by atoms with van der Waals surface area (Å²) in [6, 6.07) is 4.23. The van der Waals surface area contributed by atoms with Crippen molar-refractivity contribution in [2.45, 2.75) is 31.0 Å². The Hall–Kier alpha value is -3.66. The molecule has 3 saturated carbocycles. The molecule has 0 bridgehead atoms. The molecule has 10 heteroatoms. The molecule has 1 amide bonds. The van der Waals surface area contributed by atoms with Crippen LogP contribution in [0.1, 0.15) is 35.2 Å². The molecule has 0 aromatic heterocycles. The second-order valence-corrected chi connectivity index (χ2v) is 9.38. The fourth-order valence-corrected chi connectivity index (χ4v) is 5.61. The van der Waals surface area contributed by atoms with Crippen LogP contribution in [-0.4, -0.2) is 56.9 Å². The Morgan fingerprint density at radius 1 is 1.12 bits per heavy atom. The second-order valence-electron chi connectivity index (χ2n) is 9.38. The number of aliphatic hydroxyl groups is 1. The maximum Gasteiger partial charge on any atom is 0.309 e. The highest BCUT2D eigenvalue weighted by Gasteiger charge is 2.70. The minimum Gasteiger partial charge on any atom is -0.507 e. The third kappa shape index (κ3) is 2.78. The highest BCUT2D eigenvalue weighted by atomic mass is 16.5. The van der Waals surface area contributed by atoms with Crippen molar-refractivity contribution in [2.75, 3.05) is 0 Å². The van der Waals surface area contributed by atoms with E-state index in [1.165, 1.54) is 18.2 Å². The van der Waals surface area contributed by atoms with Crippen molar-refractivity contribution in [3.63, 3.8) is 0 Å². The van der Waals surface area contributed by atoms with Gasteiger partial charge in [0.1, 0.15) is 11.9 Å². The van der Waals surface area contributed by atoms with Gasteiger partial charge in [0.05, 0.1) is 17.4 Å². The number of Topliss-reactive ketones (excluding diaryl/α,β-unsaturated/α-hetero) is 4. The van der Waals surface area contributed by atoms with Crippen molar-refractivity contribution >= 4 is 40.6 Å². The Morgan fingerprint density at radius 3 is 2.41 bits per heavy atom. The number of carbonyl (C=O) groups is 6. The normalized spacial score (nSPS) is 34.7. The predicted octanol–water partition coefficient (Wildman–Crippen LogP) is -0.271. The second kappa shape index (κ2) is 7.17. The average Bonchev–Trinajstić information content (AvgIpc) is 3.61. The first-order valence-corrected chi connectivity index (χ1v) is 10.9. The van der Waals surface area contributed by atoms with Crippen molar-refractivity contribution in [2.24, 2.45) is 35.3 Å². The molecule has 5 rings (SSSR count). The lowest BCUT2D eigenvalue weighted by Crippen LogP contribution is -2.72. The van der Waals surface area contributed by atoms with Crippen LogP contribution in [0.3, 0.4) is 0 Å². The summed E-state index contributed by atoms with van der Waals surface area (Å²) < 4.78 is 5.68. The smallest absolute Gasteiger partial charge is 0.309 e. The van der Waals surface area contributed by atoms with Crippen LogP contribution in [0, 0.1) is 29.6 Å². The number of esters is 1. The summed E-state index contributed by atoms with van der Waals surface area (Å²) in [7, 11) is 0. The molecular formula is C24H21NO9. The number of rotatable bonds is 3. The molecule has 6 atom stereocenters. The van der Waals surface area contributed by atoms with E-state index < -0.39 is 88.5 Å². The zero-order valence-electron chi connectivity index (χ0n) is 17.9. The number of phenols is 1. The van der Waals surface area contributed by atoms with Crippen molar-refractivity contribution < 1.29 is 43.7 Å². The molecule has 2 unspecified atom stereocenters. The molecule has 4 aliphatic carbocycles. The van der Waals surface area contributed by atoms with E-state index in [0.29, 0.717) is 12.8 Å². The van der Waals surface area contributed by atoms with Gasteiger partial charge in [-0.1, -0.05) is 18.7 Å². The van der Waals surface area contributed by atoms with E-state index in [4.69, 9.17) is 10.5 Å². The molecule has 176 valence electrons. The van der Waals surface area contributed by atoms with Crippen molar-refractivity contribution in [3.05, 3.63) is 35.9 Å². The lowest BCUT2D eigenvalue weighted by atomic mass is 9.51. The number of ether oxygens (including phenoxy) is 1. The van der Waals surface area contributed by atoms with Crippen molar-refractivity contribution in [1.82, 2.24) is 0 Å². The van der Waals surface area contributed by atoms with E-state index >= 15 is 0 Å². The topological polar surface area (TPSA) is 178 Å². The number of aromatic hydroxyl groups is 1. The minimum absolute atomic E-state index is 0.191. The van der Waals surface area contributed by atoms with Gasteiger partial charge in [-0.05, 0) is 30.0 Å². The quantitative estimate of drug-likeness (QED) is 0.398. The molecule has 0 saturated heterocycles. The van der Waals surface area contributed by atoms with E-state index in [9.17, 15) is 39.0 Å². The number of hydrogen-bond acceptors (Lipinski definition) is 9. The van der Waals surface area contributed by atoms with Crippen LogP contribution in [0.25, 0.3) is 5.57 Å². The van der Waals surface area contributed by atoms with E-state index in [-0.39, 0.29) is 16.7 Å². The summed E-state index contributed by atoms with van der Waals surface area (Å²) in [6.45, 7) is 3.98. The van der Waals surface area contributed by atoms with Crippen molar-refractivity contribution in [1.29, 1.82) is 0 Å². The van der Waals surface area contributed by atoms with E-state index in [1.807, 2.05) is 0 Å². The predicted molar refractivity (Wildman–Crippen MR) is 112 cm³/mol. The zero-order valence-corrected chi connectivity index (χ0v) is 17.9. The Labute approximate surface area is 192 Å². The summed E-state index contributed by atoms with van der Waals surface area (Å²) in [4.78, 5) is 77.4. The van der Waals surface area contributed by atoms with Gasteiger partial charge in [0.25, 0.3) is 0 Å². The maximum atomic E-state index is 13.6. The number of phenolic OH excluding ortho intramolecular Hbond substituents is 1. The van der Waals surface area contributed by atoms with Crippen LogP contribution in [0.15, 0.2) is 24.8 Å². The first-order valence-electron chi connectivity index (χ1n) is 10.9. The maximum absolute atomic E-state index is 13.6. The standard InChI is InChI=1S/C24H21NO9/c1-8-10-3-2-4-12(26)15(10)18(28)17-14(8)19(34-23(32)9-5-6-9)11-7-13(27)16(22(25)31)20(29)24(11,33)21(17)30/h2-4,9,11,14,16-17,19,26,33H,1,5-7H2,(H2,25,31)/t11-,14-,16?,17?,19-,24-/m1/s1. The SMILES string of the molecule is C=C1c2cccc(O)c2C(=O)C2C(=O)[C@]3(O)C(=O)C(C(N)=O)C(=O)C[C@@H]3[C@@H](OC(=O)C3CC3)[C@H]12. The summed E-state index contributed by atoms with van der Waals surface area (Å²) in [5.41, 5.74) is 2.46. The molecular weight excluding hydrogens is 446 g/mol. The molecule has 4 aliphatic rings. The summed E-state index contributed by atoms with van der Waals surface area (Å²) in [6.07, 6.45) is -0.909. The van der Waals surface area contributed by atoms with Crippen molar-refractivity contribution in [3.8, 4) is 5.75 Å². The average molecular weight is 467 g/mol. The molecule has 0 spiro atoms. The Morgan fingerprint density at radius 2 is 1.79 bits per heavy atom. The number of amides is 1. The van der Waals surface area contributed by atoms with E-state index in [2.05, 4.69) is 6.58 Å². The minimum atomic E-state index is -2.96. The van der Waals surface area contributed by atoms with Crippen LogP contribution in [0.2, 0.25) is 0 Å². The molecule has 0 aliphatic heterocycles. The molecule has 3 fully saturated rings. The largest absolute Gasteiger partial charge is 0.507 e. The number of carbonyl (C=O) groups excluding carboxylic acids is 6. The number of hydrogen-bond donors (Lipinski definition) is 3. The van der Waals surface area contributed by atoms with Gasteiger partial charge >= 0.3 is 5.97 Å². The third-order valence-corrected chi connectivity index (χ3v) is 7.45. The highest BCUT2D eigenvalue weighted by molar-refractivity contribution is 6.32. The summed E-state index contributed by atoms with van der Waals surface area (Å²) in [5.74, 6) is -13.7. The molecule has 1 aromatic rings. The van der Waals surface area contributed by atoms with Gasteiger partial charge in [0.15, 0.2) is 34.7 Å². The highest BCUT2D eigenvalue weighted by Crippen LogP contribution is 2.54. The molecule has 0 radical (unpaired) electrons. The third-order valence-electron chi connectivity index (χ3n) is 7.45. The van der Waals surface area contributed by atoms with Crippen LogP contribution < -0.4 is 5.73 Å². The zero-order chi connectivity index (χ0) is 24.7. The lowest BCUT2D eigenvalue weighted by Gasteiger charge is -2.52. The Bertz CT molecular complexity index is 1230. The van der Waals surface area contributed by atoms with Gasteiger partial charge in [-0.25, -0.2) is 0 Å². The van der Waals surface area contributed by atoms with Gasteiger partial charge in [0, 0.05) is 18.3 Å².